The van der Waals surface area contributed by atoms with Crippen molar-refractivity contribution in [3.8, 4) is 11.4 Å². The molecule has 0 atom stereocenters. The van der Waals surface area contributed by atoms with Gasteiger partial charge < -0.3 is 9.84 Å². The lowest BCUT2D eigenvalue weighted by atomic mass is 10.1. The third-order valence-corrected chi connectivity index (χ3v) is 3.59. The van der Waals surface area contributed by atoms with Crippen LogP contribution in [0.1, 0.15) is 19.7 Å². The van der Waals surface area contributed by atoms with Crippen molar-refractivity contribution < 1.29 is 4.52 Å². The van der Waals surface area contributed by atoms with Gasteiger partial charge in [0.2, 0.25) is 11.7 Å². The maximum absolute atomic E-state index is 5.36. The molecule has 1 aromatic heterocycles. The minimum atomic E-state index is -0.331. The van der Waals surface area contributed by atoms with E-state index in [1.165, 1.54) is 10.8 Å². The largest absolute Gasteiger partial charge is 0.337 e. The van der Waals surface area contributed by atoms with Crippen LogP contribution in [0.4, 0.5) is 0 Å². The third kappa shape index (κ3) is 2.18. The van der Waals surface area contributed by atoms with Gasteiger partial charge in [0.05, 0.1) is 5.54 Å². The van der Waals surface area contributed by atoms with Gasteiger partial charge in [0.1, 0.15) is 0 Å². The number of hydrogen-bond donors (Lipinski definition) is 1. The number of nitrogens with one attached hydrogen (secondary N) is 1. The van der Waals surface area contributed by atoms with Gasteiger partial charge in [-0.1, -0.05) is 41.6 Å². The Morgan fingerprint density at radius 3 is 2.55 bits per heavy atom. The Morgan fingerprint density at radius 1 is 1.05 bits per heavy atom. The predicted molar refractivity (Wildman–Crippen MR) is 79.3 cm³/mol. The first-order chi connectivity index (χ1) is 9.60. The predicted octanol–water partition coefficient (Wildman–Crippen LogP) is 3.34. The molecule has 4 nitrogen and oxygen atoms in total. The molecular weight excluding hydrogens is 250 g/mol. The second-order valence-corrected chi connectivity index (χ2v) is 5.36. The van der Waals surface area contributed by atoms with Crippen LogP contribution in [-0.4, -0.2) is 17.2 Å². The van der Waals surface area contributed by atoms with Crippen molar-refractivity contribution in [1.82, 2.24) is 15.5 Å². The van der Waals surface area contributed by atoms with E-state index in [0.29, 0.717) is 11.7 Å². The fourth-order valence-corrected chi connectivity index (χ4v) is 2.03. The van der Waals surface area contributed by atoms with Crippen LogP contribution in [-0.2, 0) is 5.54 Å². The summed E-state index contributed by atoms with van der Waals surface area (Å²) in [6, 6.07) is 14.4. The Bertz CT molecular complexity index is 746. The number of fused-ring (bicyclic) bond motifs is 1. The van der Waals surface area contributed by atoms with Gasteiger partial charge in [-0.15, -0.1) is 0 Å². The van der Waals surface area contributed by atoms with E-state index in [-0.39, 0.29) is 5.54 Å². The van der Waals surface area contributed by atoms with Gasteiger partial charge in [0.15, 0.2) is 0 Å². The van der Waals surface area contributed by atoms with Crippen LogP contribution in [0.5, 0.6) is 0 Å². The highest BCUT2D eigenvalue weighted by Gasteiger charge is 2.25. The molecule has 3 aromatic rings. The highest BCUT2D eigenvalue weighted by atomic mass is 16.5. The summed E-state index contributed by atoms with van der Waals surface area (Å²) in [5.74, 6) is 1.21. The molecule has 0 spiro atoms. The van der Waals surface area contributed by atoms with Crippen molar-refractivity contribution in [2.75, 3.05) is 7.05 Å². The van der Waals surface area contributed by atoms with Crippen LogP contribution in [0.15, 0.2) is 47.0 Å². The van der Waals surface area contributed by atoms with Gasteiger partial charge in [0.25, 0.3) is 0 Å². The average molecular weight is 267 g/mol. The van der Waals surface area contributed by atoms with E-state index in [9.17, 15) is 0 Å². The monoisotopic (exact) mass is 267 g/mol. The molecule has 2 aromatic carbocycles. The van der Waals surface area contributed by atoms with E-state index in [1.807, 2.05) is 39.1 Å². The average Bonchev–Trinajstić information content (AvgIpc) is 2.97. The Hall–Kier alpha value is -2.20. The lowest BCUT2D eigenvalue weighted by Crippen LogP contribution is -2.33. The zero-order chi connectivity index (χ0) is 14.2. The number of nitrogens with zero attached hydrogens (tertiary/aromatic N) is 2. The first-order valence-electron chi connectivity index (χ1n) is 6.62. The maximum atomic E-state index is 5.36. The zero-order valence-corrected chi connectivity index (χ0v) is 11.8. The van der Waals surface area contributed by atoms with Crippen LogP contribution in [0.2, 0.25) is 0 Å². The molecule has 0 saturated heterocycles. The van der Waals surface area contributed by atoms with Crippen molar-refractivity contribution in [3.63, 3.8) is 0 Å². The molecule has 1 heterocycles. The van der Waals surface area contributed by atoms with E-state index >= 15 is 0 Å². The summed E-state index contributed by atoms with van der Waals surface area (Å²) in [7, 11) is 1.87. The Labute approximate surface area is 117 Å². The molecule has 4 heteroatoms. The minimum Gasteiger partial charge on any atom is -0.337 e. The summed E-state index contributed by atoms with van der Waals surface area (Å²) >= 11 is 0. The molecule has 0 radical (unpaired) electrons. The zero-order valence-electron chi connectivity index (χ0n) is 11.8. The smallest absolute Gasteiger partial charge is 0.246 e. The molecule has 20 heavy (non-hydrogen) atoms. The van der Waals surface area contributed by atoms with Crippen LogP contribution >= 0.6 is 0 Å². The van der Waals surface area contributed by atoms with Gasteiger partial charge >= 0.3 is 0 Å². The number of aromatic nitrogens is 2. The molecule has 0 amide bonds. The molecule has 0 aliphatic heterocycles. The summed E-state index contributed by atoms with van der Waals surface area (Å²) in [5.41, 5.74) is 0.632. The topological polar surface area (TPSA) is 51.0 Å². The molecule has 0 aliphatic carbocycles. The Balaban J connectivity index is 2.03. The van der Waals surface area contributed by atoms with Gasteiger partial charge in [-0.3, -0.25) is 0 Å². The summed E-state index contributed by atoms with van der Waals surface area (Å²) in [6.45, 7) is 4.01. The molecule has 0 bridgehead atoms. The molecule has 3 rings (SSSR count). The summed E-state index contributed by atoms with van der Waals surface area (Å²) in [6.07, 6.45) is 0. The lowest BCUT2D eigenvalue weighted by molar-refractivity contribution is 0.281. The Morgan fingerprint density at radius 2 is 1.80 bits per heavy atom. The van der Waals surface area contributed by atoms with Crippen molar-refractivity contribution in [2.45, 2.75) is 19.4 Å². The first kappa shape index (κ1) is 12.8. The molecular formula is C16H17N3O. The molecule has 102 valence electrons. The summed E-state index contributed by atoms with van der Waals surface area (Å²) < 4.78 is 5.36. The van der Waals surface area contributed by atoms with Crippen molar-refractivity contribution in [2.24, 2.45) is 0 Å². The number of rotatable bonds is 3. The van der Waals surface area contributed by atoms with E-state index in [2.05, 4.69) is 39.7 Å². The molecule has 0 aliphatic rings. The normalized spacial score (nSPS) is 11.9. The van der Waals surface area contributed by atoms with Crippen molar-refractivity contribution >= 4 is 10.8 Å². The highest BCUT2D eigenvalue weighted by molar-refractivity contribution is 5.86. The van der Waals surface area contributed by atoms with Crippen LogP contribution in [0, 0.1) is 0 Å². The fourth-order valence-electron chi connectivity index (χ4n) is 2.03. The highest BCUT2D eigenvalue weighted by Crippen LogP contribution is 2.25. The van der Waals surface area contributed by atoms with Gasteiger partial charge in [-0.2, -0.15) is 4.98 Å². The summed E-state index contributed by atoms with van der Waals surface area (Å²) in [5, 5.41) is 9.61. The quantitative estimate of drug-likeness (QED) is 0.790. The first-order valence-corrected chi connectivity index (χ1v) is 6.62. The maximum Gasteiger partial charge on any atom is 0.246 e. The van der Waals surface area contributed by atoms with Gasteiger partial charge in [0, 0.05) is 5.56 Å². The standard InChI is InChI=1S/C16H17N3O/c1-16(2,17-3)15-18-14(19-20-15)13-9-8-11-6-4-5-7-12(11)10-13/h4-10,17H,1-3H3. The molecule has 0 unspecified atom stereocenters. The molecule has 1 N–H and O–H groups in total. The summed E-state index contributed by atoms with van der Waals surface area (Å²) in [4.78, 5) is 4.49. The fraction of sp³-hybridized carbons (Fsp3) is 0.250. The number of hydrogen-bond acceptors (Lipinski definition) is 4. The Kier molecular flexibility index (Phi) is 3.03. The molecule has 0 saturated carbocycles. The van der Waals surface area contributed by atoms with Crippen LogP contribution in [0.25, 0.3) is 22.2 Å². The van der Waals surface area contributed by atoms with Gasteiger partial charge in [-0.05, 0) is 37.7 Å². The second kappa shape index (κ2) is 4.72. The minimum absolute atomic E-state index is 0.331. The van der Waals surface area contributed by atoms with Crippen LogP contribution in [0.3, 0.4) is 0 Å². The second-order valence-electron chi connectivity index (χ2n) is 5.36. The van der Waals surface area contributed by atoms with E-state index in [4.69, 9.17) is 4.52 Å². The number of benzene rings is 2. The van der Waals surface area contributed by atoms with Crippen molar-refractivity contribution in [1.29, 1.82) is 0 Å². The SMILES string of the molecule is CNC(C)(C)c1nc(-c2ccc3ccccc3c2)no1. The van der Waals surface area contributed by atoms with Crippen molar-refractivity contribution in [3.05, 3.63) is 48.4 Å². The third-order valence-electron chi connectivity index (χ3n) is 3.59. The van der Waals surface area contributed by atoms with E-state index in [1.54, 1.807) is 0 Å². The molecule has 0 fully saturated rings. The van der Waals surface area contributed by atoms with Gasteiger partial charge in [-0.25, -0.2) is 0 Å². The van der Waals surface area contributed by atoms with Crippen LogP contribution < -0.4 is 5.32 Å². The van der Waals surface area contributed by atoms with E-state index < -0.39 is 0 Å². The van der Waals surface area contributed by atoms with E-state index in [0.717, 1.165) is 5.56 Å². The lowest BCUT2D eigenvalue weighted by Gasteiger charge is -2.17.